The minimum Gasteiger partial charge on any atom is -0.306 e. The Morgan fingerprint density at radius 1 is 1.25 bits per heavy atom. The minimum atomic E-state index is -0.902. The second kappa shape index (κ2) is 5.65. The normalized spacial score (nSPS) is 23.9. The summed E-state index contributed by atoms with van der Waals surface area (Å²) in [5.74, 6) is 0.136. The van der Waals surface area contributed by atoms with Crippen molar-refractivity contribution in [3.8, 4) is 0 Å². The molecule has 1 aliphatic heterocycles. The maximum absolute atomic E-state index is 12.3. The van der Waals surface area contributed by atoms with Crippen LogP contribution in [0.1, 0.15) is 39.2 Å². The van der Waals surface area contributed by atoms with Crippen molar-refractivity contribution in [2.45, 2.75) is 39.2 Å². The number of hydrogen-bond acceptors (Lipinski definition) is 2. The van der Waals surface area contributed by atoms with Crippen LogP contribution in [0.5, 0.6) is 0 Å². The molecule has 1 heterocycles. The molecule has 3 amide bonds. The molecule has 1 saturated heterocycles. The largest absolute Gasteiger partial charge is 0.325 e. The lowest BCUT2D eigenvalue weighted by molar-refractivity contribution is -0.126. The molecule has 2 unspecified atom stereocenters. The summed E-state index contributed by atoms with van der Waals surface area (Å²) in [6, 6.07) is 9.20. The first kappa shape index (κ1) is 14.6. The molecule has 0 aromatic heterocycles. The van der Waals surface area contributed by atoms with E-state index in [1.807, 2.05) is 37.3 Å². The zero-order valence-electron chi connectivity index (χ0n) is 12.3. The van der Waals surface area contributed by atoms with Crippen LogP contribution < -0.4 is 5.32 Å². The monoisotopic (exact) mass is 274 g/mol. The van der Waals surface area contributed by atoms with Gasteiger partial charge >= 0.3 is 6.03 Å². The highest BCUT2D eigenvalue weighted by Crippen LogP contribution is 2.33. The number of nitrogens with zero attached hydrogens (tertiary/aromatic N) is 1. The van der Waals surface area contributed by atoms with E-state index in [-0.39, 0.29) is 11.9 Å². The Balaban J connectivity index is 2.32. The number of benzene rings is 1. The molecular formula is C16H22N2O2. The first-order chi connectivity index (χ1) is 9.50. The highest BCUT2D eigenvalue weighted by molar-refractivity contribution is 6.07. The van der Waals surface area contributed by atoms with E-state index in [1.54, 1.807) is 4.90 Å². The van der Waals surface area contributed by atoms with Crippen LogP contribution >= 0.6 is 0 Å². The molecule has 0 aliphatic carbocycles. The fourth-order valence-electron chi connectivity index (χ4n) is 2.82. The van der Waals surface area contributed by atoms with Gasteiger partial charge in [0.05, 0.1) is 0 Å². The molecule has 108 valence electrons. The van der Waals surface area contributed by atoms with Gasteiger partial charge < -0.3 is 4.90 Å². The van der Waals surface area contributed by atoms with Gasteiger partial charge in [0.2, 0.25) is 0 Å². The van der Waals surface area contributed by atoms with Gasteiger partial charge in [-0.05, 0) is 24.8 Å². The summed E-state index contributed by atoms with van der Waals surface area (Å²) in [7, 11) is 0. The summed E-state index contributed by atoms with van der Waals surface area (Å²) in [5.41, 5.74) is -0.0487. The Kier molecular flexibility index (Phi) is 4.12. The Labute approximate surface area is 120 Å². The zero-order chi connectivity index (χ0) is 14.8. The smallest absolute Gasteiger partial charge is 0.306 e. The van der Waals surface area contributed by atoms with Gasteiger partial charge in [0.25, 0.3) is 5.91 Å². The topological polar surface area (TPSA) is 49.4 Å². The van der Waals surface area contributed by atoms with Gasteiger partial charge in [-0.25, -0.2) is 4.79 Å². The summed E-state index contributed by atoms with van der Waals surface area (Å²) in [4.78, 5) is 26.1. The first-order valence-electron chi connectivity index (χ1n) is 7.18. The molecule has 4 heteroatoms. The molecule has 0 saturated carbocycles. The van der Waals surface area contributed by atoms with Gasteiger partial charge in [-0.3, -0.25) is 10.1 Å². The van der Waals surface area contributed by atoms with E-state index in [4.69, 9.17) is 0 Å². The summed E-state index contributed by atoms with van der Waals surface area (Å²) in [6.07, 6.45) is 2.12. The maximum atomic E-state index is 12.3. The van der Waals surface area contributed by atoms with E-state index in [2.05, 4.69) is 19.2 Å². The number of nitrogens with one attached hydrogen (secondary N) is 1. The molecule has 1 N–H and O–H groups in total. The summed E-state index contributed by atoms with van der Waals surface area (Å²) >= 11 is 0. The number of carbonyl (C=O) groups is 2. The predicted molar refractivity (Wildman–Crippen MR) is 78.1 cm³/mol. The SMILES string of the molecule is CCCC(C)CN1C(=O)NC(=O)C1(C)c1ccccc1. The van der Waals surface area contributed by atoms with Crippen molar-refractivity contribution in [1.82, 2.24) is 10.2 Å². The summed E-state index contributed by atoms with van der Waals surface area (Å²) in [5, 5.41) is 2.45. The first-order valence-corrected chi connectivity index (χ1v) is 7.18. The fourth-order valence-corrected chi connectivity index (χ4v) is 2.82. The third-order valence-electron chi connectivity index (χ3n) is 4.06. The number of urea groups is 1. The van der Waals surface area contributed by atoms with Crippen molar-refractivity contribution in [1.29, 1.82) is 0 Å². The highest BCUT2D eigenvalue weighted by Gasteiger charge is 2.50. The molecule has 1 fully saturated rings. The lowest BCUT2D eigenvalue weighted by Gasteiger charge is -2.34. The molecule has 2 atom stereocenters. The molecule has 20 heavy (non-hydrogen) atoms. The van der Waals surface area contributed by atoms with Crippen molar-refractivity contribution in [3.63, 3.8) is 0 Å². The van der Waals surface area contributed by atoms with Crippen molar-refractivity contribution >= 4 is 11.9 Å². The van der Waals surface area contributed by atoms with Gasteiger partial charge in [0, 0.05) is 6.54 Å². The van der Waals surface area contributed by atoms with Crippen LogP contribution in [-0.4, -0.2) is 23.4 Å². The van der Waals surface area contributed by atoms with E-state index in [1.165, 1.54) is 0 Å². The Bertz CT molecular complexity index is 500. The van der Waals surface area contributed by atoms with E-state index < -0.39 is 5.54 Å². The molecule has 0 radical (unpaired) electrons. The van der Waals surface area contributed by atoms with Crippen LogP contribution in [0.3, 0.4) is 0 Å². The maximum Gasteiger partial charge on any atom is 0.325 e. The molecular weight excluding hydrogens is 252 g/mol. The van der Waals surface area contributed by atoms with Crippen LogP contribution in [-0.2, 0) is 10.3 Å². The number of rotatable bonds is 5. The van der Waals surface area contributed by atoms with E-state index in [0.29, 0.717) is 12.5 Å². The van der Waals surface area contributed by atoms with Crippen molar-refractivity contribution in [2.75, 3.05) is 6.54 Å². The standard InChI is InChI=1S/C16H22N2O2/c1-4-8-12(2)11-18-15(20)17-14(19)16(18,3)13-9-6-5-7-10-13/h5-7,9-10,12H,4,8,11H2,1-3H3,(H,17,19,20). The third kappa shape index (κ3) is 2.42. The average Bonchev–Trinajstić information content (AvgIpc) is 2.65. The van der Waals surface area contributed by atoms with Crippen LogP contribution in [0.25, 0.3) is 0 Å². The minimum absolute atomic E-state index is 0.239. The van der Waals surface area contributed by atoms with E-state index in [9.17, 15) is 9.59 Å². The lowest BCUT2D eigenvalue weighted by Crippen LogP contribution is -2.46. The molecule has 0 bridgehead atoms. The number of imide groups is 1. The van der Waals surface area contributed by atoms with E-state index >= 15 is 0 Å². The number of amides is 3. The van der Waals surface area contributed by atoms with Crippen molar-refractivity contribution in [2.24, 2.45) is 5.92 Å². The van der Waals surface area contributed by atoms with Gasteiger partial charge in [-0.15, -0.1) is 0 Å². The number of hydrogen-bond donors (Lipinski definition) is 1. The van der Waals surface area contributed by atoms with Crippen molar-refractivity contribution < 1.29 is 9.59 Å². The third-order valence-corrected chi connectivity index (χ3v) is 4.06. The summed E-state index contributed by atoms with van der Waals surface area (Å²) < 4.78 is 0. The second-order valence-corrected chi connectivity index (χ2v) is 5.70. The van der Waals surface area contributed by atoms with Crippen LogP contribution in [0.2, 0.25) is 0 Å². The van der Waals surface area contributed by atoms with Crippen LogP contribution in [0.4, 0.5) is 4.79 Å². The second-order valence-electron chi connectivity index (χ2n) is 5.70. The van der Waals surface area contributed by atoms with Crippen molar-refractivity contribution in [3.05, 3.63) is 35.9 Å². The average molecular weight is 274 g/mol. The van der Waals surface area contributed by atoms with Gasteiger partial charge in [0.15, 0.2) is 0 Å². The Morgan fingerprint density at radius 2 is 1.90 bits per heavy atom. The predicted octanol–water partition coefficient (Wildman–Crippen LogP) is 2.89. The van der Waals surface area contributed by atoms with Gasteiger partial charge in [0.1, 0.15) is 5.54 Å². The van der Waals surface area contributed by atoms with Crippen LogP contribution in [0, 0.1) is 5.92 Å². The molecule has 4 nitrogen and oxygen atoms in total. The quantitative estimate of drug-likeness (QED) is 0.839. The Hall–Kier alpha value is -1.84. The highest BCUT2D eigenvalue weighted by atomic mass is 16.2. The van der Waals surface area contributed by atoms with Gasteiger partial charge in [-0.1, -0.05) is 50.6 Å². The van der Waals surface area contributed by atoms with E-state index in [0.717, 1.165) is 18.4 Å². The van der Waals surface area contributed by atoms with Crippen LogP contribution in [0.15, 0.2) is 30.3 Å². The lowest BCUT2D eigenvalue weighted by atomic mass is 9.89. The number of carbonyl (C=O) groups excluding carboxylic acids is 2. The molecule has 1 aromatic carbocycles. The molecule has 2 rings (SSSR count). The fraction of sp³-hybridized carbons (Fsp3) is 0.500. The summed E-state index contributed by atoms with van der Waals surface area (Å²) in [6.45, 7) is 6.66. The zero-order valence-corrected chi connectivity index (χ0v) is 12.3. The Morgan fingerprint density at radius 3 is 2.50 bits per heavy atom. The molecule has 1 aromatic rings. The molecule has 0 spiro atoms. The molecule has 1 aliphatic rings. The van der Waals surface area contributed by atoms with Gasteiger partial charge in [-0.2, -0.15) is 0 Å².